The SMILES string of the molecule is COC(=O)CN(C)C(=O)CCCOc1ccccc1. The maximum Gasteiger partial charge on any atom is 0.325 e. The van der Waals surface area contributed by atoms with Gasteiger partial charge in [0.1, 0.15) is 12.3 Å². The highest BCUT2D eigenvalue weighted by Gasteiger charge is 2.12. The highest BCUT2D eigenvalue weighted by atomic mass is 16.5. The summed E-state index contributed by atoms with van der Waals surface area (Å²) in [5.74, 6) is 0.274. The van der Waals surface area contributed by atoms with Crippen molar-refractivity contribution in [2.24, 2.45) is 0 Å². The Balaban J connectivity index is 2.18. The zero-order valence-corrected chi connectivity index (χ0v) is 11.3. The van der Waals surface area contributed by atoms with Gasteiger partial charge in [-0.2, -0.15) is 0 Å². The fourth-order valence-electron chi connectivity index (χ4n) is 1.47. The normalized spacial score (nSPS) is 9.79. The Labute approximate surface area is 113 Å². The Morgan fingerprint density at radius 2 is 1.89 bits per heavy atom. The first-order chi connectivity index (χ1) is 9.13. The first kappa shape index (κ1) is 15.0. The predicted octanol–water partition coefficient (Wildman–Crippen LogP) is 1.48. The van der Waals surface area contributed by atoms with Gasteiger partial charge in [-0.05, 0) is 18.6 Å². The number of likely N-dealkylation sites (N-methyl/N-ethyl adjacent to an activating group) is 1. The van der Waals surface area contributed by atoms with Gasteiger partial charge in [0.15, 0.2) is 0 Å². The summed E-state index contributed by atoms with van der Waals surface area (Å²) in [6.45, 7) is 0.455. The molecule has 0 aliphatic heterocycles. The lowest BCUT2D eigenvalue weighted by Gasteiger charge is -2.15. The molecule has 1 amide bonds. The molecule has 1 aromatic rings. The van der Waals surface area contributed by atoms with E-state index in [1.165, 1.54) is 12.0 Å². The first-order valence-electron chi connectivity index (χ1n) is 6.12. The predicted molar refractivity (Wildman–Crippen MR) is 70.8 cm³/mol. The molecule has 1 rings (SSSR count). The van der Waals surface area contributed by atoms with E-state index in [1.54, 1.807) is 7.05 Å². The number of para-hydroxylation sites is 1. The van der Waals surface area contributed by atoms with Crippen molar-refractivity contribution in [3.8, 4) is 5.75 Å². The van der Waals surface area contributed by atoms with Gasteiger partial charge in [-0.1, -0.05) is 18.2 Å². The minimum absolute atomic E-state index is 0.0190. The van der Waals surface area contributed by atoms with Gasteiger partial charge >= 0.3 is 5.97 Å². The van der Waals surface area contributed by atoms with Crippen LogP contribution in [0.2, 0.25) is 0 Å². The van der Waals surface area contributed by atoms with Gasteiger partial charge in [0.2, 0.25) is 5.91 Å². The molecule has 19 heavy (non-hydrogen) atoms. The van der Waals surface area contributed by atoms with E-state index < -0.39 is 5.97 Å². The van der Waals surface area contributed by atoms with Gasteiger partial charge < -0.3 is 14.4 Å². The molecule has 104 valence electrons. The molecule has 0 radical (unpaired) electrons. The molecule has 1 aromatic carbocycles. The molecule has 0 saturated heterocycles. The van der Waals surface area contributed by atoms with E-state index in [-0.39, 0.29) is 12.5 Å². The van der Waals surface area contributed by atoms with E-state index in [9.17, 15) is 9.59 Å². The molecule has 0 spiro atoms. The van der Waals surface area contributed by atoms with Gasteiger partial charge in [-0.15, -0.1) is 0 Å². The number of benzene rings is 1. The smallest absolute Gasteiger partial charge is 0.325 e. The summed E-state index contributed by atoms with van der Waals surface area (Å²) >= 11 is 0. The van der Waals surface area contributed by atoms with Crippen LogP contribution in [0.5, 0.6) is 5.75 Å². The minimum atomic E-state index is -0.420. The summed E-state index contributed by atoms with van der Waals surface area (Å²) in [6, 6.07) is 9.43. The average Bonchev–Trinajstić information content (AvgIpc) is 2.44. The number of amides is 1. The molecular weight excluding hydrogens is 246 g/mol. The molecule has 0 aromatic heterocycles. The molecule has 0 bridgehead atoms. The monoisotopic (exact) mass is 265 g/mol. The number of hydrogen-bond donors (Lipinski definition) is 0. The van der Waals surface area contributed by atoms with Crippen LogP contribution in [0.1, 0.15) is 12.8 Å². The highest BCUT2D eigenvalue weighted by molar-refractivity contribution is 5.81. The Hall–Kier alpha value is -2.04. The van der Waals surface area contributed by atoms with E-state index in [1.807, 2.05) is 30.3 Å². The second kappa shape index (κ2) is 8.13. The van der Waals surface area contributed by atoms with Crippen LogP contribution in [-0.4, -0.2) is 44.1 Å². The van der Waals surface area contributed by atoms with Crippen molar-refractivity contribution >= 4 is 11.9 Å². The summed E-state index contributed by atoms with van der Waals surface area (Å²) in [7, 11) is 2.88. The Kier molecular flexibility index (Phi) is 6.43. The summed E-state index contributed by atoms with van der Waals surface area (Å²) in [6.07, 6.45) is 0.958. The molecule has 0 atom stereocenters. The number of methoxy groups -OCH3 is 1. The van der Waals surface area contributed by atoms with Gasteiger partial charge in [-0.3, -0.25) is 9.59 Å². The molecule has 0 fully saturated rings. The second-order valence-corrected chi connectivity index (χ2v) is 4.09. The number of carbonyl (C=O) groups is 2. The molecule has 0 N–H and O–H groups in total. The number of nitrogens with zero attached hydrogens (tertiary/aromatic N) is 1. The Morgan fingerprint density at radius 3 is 2.53 bits per heavy atom. The fraction of sp³-hybridized carbons (Fsp3) is 0.429. The maximum atomic E-state index is 11.7. The van der Waals surface area contributed by atoms with Gasteiger partial charge in [0.25, 0.3) is 0 Å². The molecule has 5 heteroatoms. The molecule has 0 aliphatic rings. The summed E-state index contributed by atoms with van der Waals surface area (Å²) < 4.78 is 9.97. The zero-order chi connectivity index (χ0) is 14.1. The van der Waals surface area contributed by atoms with Crippen LogP contribution in [0.4, 0.5) is 0 Å². The summed E-state index contributed by atoms with van der Waals surface area (Å²) in [4.78, 5) is 24.0. The lowest BCUT2D eigenvalue weighted by atomic mass is 10.3. The van der Waals surface area contributed by atoms with Crippen LogP contribution < -0.4 is 4.74 Å². The number of ether oxygens (including phenoxy) is 2. The lowest BCUT2D eigenvalue weighted by molar-refractivity contribution is -0.146. The van der Waals surface area contributed by atoms with E-state index in [0.29, 0.717) is 19.4 Å². The standard InChI is InChI=1S/C14H19NO4/c1-15(11-14(17)18-2)13(16)9-6-10-19-12-7-4-3-5-8-12/h3-5,7-8H,6,9-11H2,1-2H3. The summed E-state index contributed by atoms with van der Waals surface area (Å²) in [5.41, 5.74) is 0. The molecular formula is C14H19NO4. The van der Waals surface area contributed by atoms with E-state index >= 15 is 0 Å². The van der Waals surface area contributed by atoms with Crippen molar-refractivity contribution in [2.75, 3.05) is 27.3 Å². The first-order valence-corrected chi connectivity index (χ1v) is 6.12. The number of carbonyl (C=O) groups excluding carboxylic acids is 2. The fourth-order valence-corrected chi connectivity index (χ4v) is 1.47. The third-order valence-electron chi connectivity index (χ3n) is 2.57. The second-order valence-electron chi connectivity index (χ2n) is 4.09. The Morgan fingerprint density at radius 1 is 1.21 bits per heavy atom. The van der Waals surface area contributed by atoms with Crippen molar-refractivity contribution in [3.63, 3.8) is 0 Å². The van der Waals surface area contributed by atoms with Crippen molar-refractivity contribution in [1.82, 2.24) is 4.90 Å². The van der Waals surface area contributed by atoms with Gasteiger partial charge in [0.05, 0.1) is 13.7 Å². The average molecular weight is 265 g/mol. The quantitative estimate of drug-likeness (QED) is 0.553. The molecule has 0 heterocycles. The van der Waals surface area contributed by atoms with Crippen LogP contribution in [0.25, 0.3) is 0 Å². The molecule has 0 saturated carbocycles. The topological polar surface area (TPSA) is 55.8 Å². The minimum Gasteiger partial charge on any atom is -0.494 e. The maximum absolute atomic E-state index is 11.7. The van der Waals surface area contributed by atoms with Crippen LogP contribution in [-0.2, 0) is 14.3 Å². The zero-order valence-electron chi connectivity index (χ0n) is 11.3. The number of esters is 1. The summed E-state index contributed by atoms with van der Waals surface area (Å²) in [5, 5.41) is 0. The van der Waals surface area contributed by atoms with Crippen molar-refractivity contribution in [3.05, 3.63) is 30.3 Å². The van der Waals surface area contributed by atoms with E-state index in [0.717, 1.165) is 5.75 Å². The molecule has 0 unspecified atom stereocenters. The van der Waals surface area contributed by atoms with Crippen LogP contribution >= 0.6 is 0 Å². The van der Waals surface area contributed by atoms with Crippen molar-refractivity contribution in [1.29, 1.82) is 0 Å². The number of rotatable bonds is 7. The van der Waals surface area contributed by atoms with Gasteiger partial charge in [-0.25, -0.2) is 0 Å². The Bertz CT molecular complexity index is 405. The van der Waals surface area contributed by atoms with Crippen LogP contribution in [0, 0.1) is 0 Å². The highest BCUT2D eigenvalue weighted by Crippen LogP contribution is 2.09. The van der Waals surface area contributed by atoms with Crippen LogP contribution in [0.15, 0.2) is 30.3 Å². The molecule has 5 nitrogen and oxygen atoms in total. The van der Waals surface area contributed by atoms with E-state index in [2.05, 4.69) is 4.74 Å². The van der Waals surface area contributed by atoms with Crippen LogP contribution in [0.3, 0.4) is 0 Å². The third-order valence-corrected chi connectivity index (χ3v) is 2.57. The molecule has 0 aliphatic carbocycles. The number of hydrogen-bond acceptors (Lipinski definition) is 4. The third kappa shape index (κ3) is 5.90. The largest absolute Gasteiger partial charge is 0.494 e. The van der Waals surface area contributed by atoms with Crippen molar-refractivity contribution < 1.29 is 19.1 Å². The lowest BCUT2D eigenvalue weighted by Crippen LogP contribution is -2.32. The van der Waals surface area contributed by atoms with Gasteiger partial charge in [0, 0.05) is 13.5 Å². The van der Waals surface area contributed by atoms with Crippen molar-refractivity contribution in [2.45, 2.75) is 12.8 Å². The van der Waals surface area contributed by atoms with E-state index in [4.69, 9.17) is 4.74 Å².